The second-order valence-corrected chi connectivity index (χ2v) is 17.1. The van der Waals surface area contributed by atoms with Crippen LogP contribution in [0.2, 0.25) is 0 Å². The average molecular weight is 917 g/mol. The minimum atomic E-state index is -1.91. The van der Waals surface area contributed by atoms with Gasteiger partial charge < -0.3 is 39.0 Å². The van der Waals surface area contributed by atoms with Crippen molar-refractivity contribution in [3.8, 4) is 0 Å². The van der Waals surface area contributed by atoms with Crippen LogP contribution in [0.3, 0.4) is 0 Å². The molecule has 0 radical (unpaired) electrons. The minimum Gasteiger partial charge on any atom is -0.479 e. The number of carbonyl (C=O) groups is 4. The van der Waals surface area contributed by atoms with Gasteiger partial charge in [0.05, 0.1) is 6.61 Å². The molecular weight excluding hydrogens is 829 g/mol. The van der Waals surface area contributed by atoms with E-state index in [1.807, 2.05) is 0 Å². The average Bonchev–Trinajstić information content (AvgIpc) is 3.29. The van der Waals surface area contributed by atoms with Gasteiger partial charge in [-0.1, -0.05) is 152 Å². The van der Waals surface area contributed by atoms with E-state index < -0.39 is 67.3 Å². The molecule has 6 unspecified atom stereocenters. The largest absolute Gasteiger partial charge is 0.479 e. The van der Waals surface area contributed by atoms with E-state index >= 15 is 0 Å². The van der Waals surface area contributed by atoms with E-state index in [4.69, 9.17) is 23.7 Å². The highest BCUT2D eigenvalue weighted by atomic mass is 16.7. The van der Waals surface area contributed by atoms with Crippen LogP contribution in [0.1, 0.15) is 201 Å². The van der Waals surface area contributed by atoms with Crippen molar-refractivity contribution >= 4 is 23.9 Å². The van der Waals surface area contributed by atoms with E-state index in [2.05, 4.69) is 81.5 Å². The van der Waals surface area contributed by atoms with Gasteiger partial charge in [-0.2, -0.15) is 0 Å². The molecule has 0 aromatic heterocycles. The number of aliphatic hydroxyl groups excluding tert-OH is 2. The molecule has 0 aromatic rings. The van der Waals surface area contributed by atoms with E-state index in [-0.39, 0.29) is 25.9 Å². The number of hydrogen-bond donors (Lipinski definition) is 3. The van der Waals surface area contributed by atoms with Gasteiger partial charge in [-0.3, -0.25) is 14.4 Å². The molecule has 0 bridgehead atoms. The molecule has 0 amide bonds. The first kappa shape index (κ1) is 59.4. The van der Waals surface area contributed by atoms with Crippen LogP contribution in [0.15, 0.2) is 60.8 Å². The molecule has 12 heteroatoms. The molecule has 1 rings (SSSR count). The van der Waals surface area contributed by atoms with Gasteiger partial charge in [-0.25, -0.2) is 4.79 Å². The molecule has 372 valence electrons. The van der Waals surface area contributed by atoms with Crippen molar-refractivity contribution in [2.45, 2.75) is 237 Å². The lowest BCUT2D eigenvalue weighted by Crippen LogP contribution is -2.61. The van der Waals surface area contributed by atoms with Crippen LogP contribution >= 0.6 is 0 Å². The number of allylic oxidation sites excluding steroid dienone is 10. The number of aliphatic hydroxyl groups is 2. The van der Waals surface area contributed by atoms with Gasteiger partial charge in [-0.05, 0) is 89.9 Å². The maximum absolute atomic E-state index is 13.0. The Hall–Kier alpha value is -3.58. The van der Waals surface area contributed by atoms with E-state index in [1.54, 1.807) is 0 Å². The maximum atomic E-state index is 13.0. The molecule has 0 aliphatic carbocycles. The highest BCUT2D eigenvalue weighted by molar-refractivity contribution is 5.74. The fourth-order valence-corrected chi connectivity index (χ4v) is 7.11. The third-order valence-corrected chi connectivity index (χ3v) is 11.0. The summed E-state index contributed by atoms with van der Waals surface area (Å²) in [6.45, 7) is 5.72. The van der Waals surface area contributed by atoms with Crippen molar-refractivity contribution in [3.63, 3.8) is 0 Å². The van der Waals surface area contributed by atoms with Gasteiger partial charge >= 0.3 is 23.9 Å². The molecule has 1 heterocycles. The summed E-state index contributed by atoms with van der Waals surface area (Å²) >= 11 is 0. The van der Waals surface area contributed by atoms with Crippen molar-refractivity contribution in [2.24, 2.45) is 0 Å². The molecule has 6 atom stereocenters. The van der Waals surface area contributed by atoms with Gasteiger partial charge in [0.25, 0.3) is 0 Å². The summed E-state index contributed by atoms with van der Waals surface area (Å²) in [7, 11) is 0. The Balaban J connectivity index is 2.78. The summed E-state index contributed by atoms with van der Waals surface area (Å²) in [5.74, 6) is -3.19. The van der Waals surface area contributed by atoms with E-state index in [9.17, 15) is 34.5 Å². The van der Waals surface area contributed by atoms with Gasteiger partial charge in [0, 0.05) is 19.3 Å². The lowest BCUT2D eigenvalue weighted by Gasteiger charge is -2.40. The topological polar surface area (TPSA) is 175 Å². The first-order valence-corrected chi connectivity index (χ1v) is 25.3. The van der Waals surface area contributed by atoms with Crippen LogP contribution in [-0.2, 0) is 42.9 Å². The zero-order chi connectivity index (χ0) is 47.6. The molecule has 1 saturated heterocycles. The smallest absolute Gasteiger partial charge is 0.335 e. The number of hydrogen-bond acceptors (Lipinski definition) is 11. The van der Waals surface area contributed by atoms with Crippen LogP contribution in [0.4, 0.5) is 0 Å². The van der Waals surface area contributed by atoms with Crippen molar-refractivity contribution in [2.75, 3.05) is 13.2 Å². The zero-order valence-electron chi connectivity index (χ0n) is 40.5. The summed E-state index contributed by atoms with van der Waals surface area (Å²) in [5.41, 5.74) is 0. The summed E-state index contributed by atoms with van der Waals surface area (Å²) in [5, 5.41) is 31.2. The first-order valence-electron chi connectivity index (χ1n) is 25.3. The zero-order valence-corrected chi connectivity index (χ0v) is 40.5. The van der Waals surface area contributed by atoms with Crippen molar-refractivity contribution in [1.29, 1.82) is 0 Å². The van der Waals surface area contributed by atoms with Gasteiger partial charge in [0.2, 0.25) is 0 Å². The Bertz CT molecular complexity index is 1370. The first-order chi connectivity index (χ1) is 31.6. The SMILES string of the molecule is CC/C=C\C/C=C\C/C=C\CCCCCC(=O)OCC(COC1OC(C(=O)O)C(O)C(O)C1OC(=O)CCCCCCC/C=C\CCCC)OC(=O)CCCCCCC/C=C\CCCC. The van der Waals surface area contributed by atoms with Crippen LogP contribution in [0, 0.1) is 0 Å². The molecule has 0 saturated carbocycles. The number of aliphatic carboxylic acids is 1. The van der Waals surface area contributed by atoms with E-state index in [1.165, 1.54) is 25.7 Å². The number of esters is 3. The number of carbonyl (C=O) groups excluding carboxylic acids is 3. The van der Waals surface area contributed by atoms with Crippen molar-refractivity contribution < 1.29 is 58.2 Å². The number of ether oxygens (including phenoxy) is 5. The summed E-state index contributed by atoms with van der Waals surface area (Å²) in [6, 6.07) is 0. The number of carboxylic acids is 1. The quantitative estimate of drug-likeness (QED) is 0.0229. The maximum Gasteiger partial charge on any atom is 0.335 e. The number of unbranched alkanes of at least 4 members (excludes halogenated alkanes) is 17. The molecule has 1 aliphatic heterocycles. The molecule has 3 N–H and O–H groups in total. The van der Waals surface area contributed by atoms with E-state index in [0.717, 1.165) is 116 Å². The van der Waals surface area contributed by atoms with Crippen LogP contribution < -0.4 is 0 Å². The summed E-state index contributed by atoms with van der Waals surface area (Å²) < 4.78 is 28.2. The Morgan fingerprint density at radius 2 is 0.969 bits per heavy atom. The molecule has 65 heavy (non-hydrogen) atoms. The number of carboxylic acid groups (broad SMARTS) is 1. The molecule has 1 fully saturated rings. The van der Waals surface area contributed by atoms with Gasteiger partial charge in [-0.15, -0.1) is 0 Å². The Labute approximate surface area is 392 Å². The van der Waals surface area contributed by atoms with Crippen LogP contribution in [0.25, 0.3) is 0 Å². The lowest BCUT2D eigenvalue weighted by atomic mass is 9.98. The Morgan fingerprint density at radius 3 is 1.51 bits per heavy atom. The fourth-order valence-electron chi connectivity index (χ4n) is 7.11. The standard InChI is InChI=1S/C53H88O12/c1-4-7-10-13-16-19-22-23-26-27-30-33-36-39-45(54)61-42-44(63-46(55)40-37-34-31-28-24-20-17-14-11-8-5-2)43-62-53-51(49(58)48(57)50(65-53)52(59)60)64-47(56)41-38-35-32-29-25-21-18-15-12-9-6-3/h7,10,14-19,23,26,44,48-51,53,57-58H,4-6,8-9,11-13,20-22,24-25,27-43H2,1-3H3,(H,59,60)/b10-7-,17-14-,18-15-,19-16-,26-23-. The molecule has 1 aliphatic rings. The Kier molecular flexibility index (Phi) is 38.2. The third-order valence-electron chi connectivity index (χ3n) is 11.0. The second-order valence-electron chi connectivity index (χ2n) is 17.1. The second kappa shape index (κ2) is 41.8. The van der Waals surface area contributed by atoms with Crippen LogP contribution in [-0.4, -0.2) is 89.2 Å². The minimum absolute atomic E-state index is 0.0450. The normalized spacial score (nSPS) is 19.6. The van der Waals surface area contributed by atoms with Crippen LogP contribution in [0.5, 0.6) is 0 Å². The lowest BCUT2D eigenvalue weighted by molar-refractivity contribution is -0.301. The molecule has 12 nitrogen and oxygen atoms in total. The van der Waals surface area contributed by atoms with Crippen molar-refractivity contribution in [1.82, 2.24) is 0 Å². The van der Waals surface area contributed by atoms with E-state index in [0.29, 0.717) is 19.3 Å². The molecule has 0 spiro atoms. The summed E-state index contributed by atoms with van der Waals surface area (Å²) in [6.07, 6.45) is 36.5. The van der Waals surface area contributed by atoms with Gasteiger partial charge in [0.1, 0.15) is 18.8 Å². The highest BCUT2D eigenvalue weighted by Gasteiger charge is 2.50. The monoisotopic (exact) mass is 917 g/mol. The number of rotatable bonds is 41. The molecular formula is C53H88O12. The highest BCUT2D eigenvalue weighted by Crippen LogP contribution is 2.26. The third kappa shape index (κ3) is 32.7. The predicted molar refractivity (Wildman–Crippen MR) is 257 cm³/mol. The van der Waals surface area contributed by atoms with Crippen molar-refractivity contribution in [3.05, 3.63) is 60.8 Å². The molecule has 0 aromatic carbocycles. The fraction of sp³-hybridized carbons (Fsp3) is 0.736. The Morgan fingerprint density at radius 1 is 0.523 bits per heavy atom. The summed E-state index contributed by atoms with van der Waals surface area (Å²) in [4.78, 5) is 50.7. The predicted octanol–water partition coefficient (Wildman–Crippen LogP) is 11.7. The van der Waals surface area contributed by atoms with Gasteiger partial charge in [0.15, 0.2) is 24.6 Å².